The van der Waals surface area contributed by atoms with Crippen LogP contribution in [0.3, 0.4) is 0 Å². The number of carbonyl (C=O) groups is 2. The van der Waals surface area contributed by atoms with Gasteiger partial charge in [-0.05, 0) is 25.5 Å². The van der Waals surface area contributed by atoms with Crippen molar-refractivity contribution in [1.82, 2.24) is 31.0 Å². The minimum Gasteiger partial charge on any atom is -0.385 e. The van der Waals surface area contributed by atoms with Crippen molar-refractivity contribution in [2.75, 3.05) is 11.9 Å². The number of nitrogens with zero attached hydrogens (tertiary/aromatic N) is 4. The Balaban J connectivity index is 1.91. The largest absolute Gasteiger partial charge is 0.385 e. The Labute approximate surface area is 148 Å². The molecule has 0 aliphatic carbocycles. The van der Waals surface area contributed by atoms with Gasteiger partial charge in [-0.1, -0.05) is 17.3 Å². The fraction of sp³-hybridized carbons (Fsp3) is 0.357. The van der Waals surface area contributed by atoms with Crippen molar-refractivity contribution in [3.05, 3.63) is 35.6 Å². The third-order valence-corrected chi connectivity index (χ3v) is 3.56. The summed E-state index contributed by atoms with van der Waals surface area (Å²) in [5.41, 5.74) is 8.48. The summed E-state index contributed by atoms with van der Waals surface area (Å²) in [6.45, 7) is 3.24. The second-order valence-electron chi connectivity index (χ2n) is 5.33. The molecule has 0 spiro atoms. The highest BCUT2D eigenvalue weighted by Gasteiger charge is 2.25. The molecule has 0 bridgehead atoms. The molecular formula is C14H19FN8O3. The summed E-state index contributed by atoms with van der Waals surface area (Å²) in [7, 11) is 0. The maximum Gasteiger partial charge on any atom is 0.269 e. The van der Waals surface area contributed by atoms with E-state index in [4.69, 9.17) is 10.6 Å². The molecule has 0 fully saturated rings. The first-order valence-corrected chi connectivity index (χ1v) is 7.61. The Morgan fingerprint density at radius 2 is 2.23 bits per heavy atom. The molecule has 1 unspecified atom stereocenters. The number of rotatable bonds is 6. The van der Waals surface area contributed by atoms with E-state index in [1.165, 1.54) is 0 Å². The first kappa shape index (κ1) is 19.1. The number of carbonyl (C=O) groups excluding carboxylic acids is 2. The van der Waals surface area contributed by atoms with Gasteiger partial charge in [0.1, 0.15) is 12.1 Å². The van der Waals surface area contributed by atoms with Crippen LogP contribution in [-0.4, -0.2) is 49.9 Å². The van der Waals surface area contributed by atoms with Gasteiger partial charge < -0.3 is 10.6 Å². The maximum atomic E-state index is 13.0. The zero-order valence-electron chi connectivity index (χ0n) is 14.2. The summed E-state index contributed by atoms with van der Waals surface area (Å²) in [5.74, 6) is -0.655. The quantitative estimate of drug-likeness (QED) is 0.507. The molecule has 2 rings (SSSR count). The average molecular weight is 366 g/mol. The van der Waals surface area contributed by atoms with Crippen LogP contribution < -0.4 is 16.5 Å². The zero-order chi connectivity index (χ0) is 19.1. The molecule has 11 nitrogen and oxygen atoms in total. The maximum absolute atomic E-state index is 13.0. The monoisotopic (exact) mass is 366 g/mol. The van der Waals surface area contributed by atoms with Crippen molar-refractivity contribution in [3.63, 3.8) is 0 Å². The van der Waals surface area contributed by atoms with Gasteiger partial charge >= 0.3 is 0 Å². The Hall–Kier alpha value is -3.28. The Bertz CT molecular complexity index is 743. The molecule has 1 aliphatic heterocycles. The van der Waals surface area contributed by atoms with Gasteiger partial charge in [-0.2, -0.15) is 5.21 Å². The van der Waals surface area contributed by atoms with E-state index in [1.54, 1.807) is 26.0 Å². The van der Waals surface area contributed by atoms with Crippen LogP contribution in [0, 0.1) is 0 Å². The lowest BCUT2D eigenvalue weighted by atomic mass is 10.2. The van der Waals surface area contributed by atoms with Crippen LogP contribution in [0.2, 0.25) is 0 Å². The second-order valence-corrected chi connectivity index (χ2v) is 5.33. The van der Waals surface area contributed by atoms with Gasteiger partial charge in [-0.3, -0.25) is 19.8 Å². The number of allylic oxidation sites excluding steroid dienone is 1. The molecule has 12 heteroatoms. The van der Waals surface area contributed by atoms with Gasteiger partial charge in [0.25, 0.3) is 11.9 Å². The summed E-state index contributed by atoms with van der Waals surface area (Å²) in [5, 5.41) is 15.0. The second kappa shape index (κ2) is 8.71. The van der Waals surface area contributed by atoms with E-state index in [2.05, 4.69) is 31.4 Å². The Morgan fingerprint density at radius 3 is 2.88 bits per heavy atom. The number of aromatic amines is 1. The van der Waals surface area contributed by atoms with Crippen LogP contribution in [0.5, 0.6) is 0 Å². The van der Waals surface area contributed by atoms with Crippen molar-refractivity contribution in [2.24, 2.45) is 5.73 Å². The van der Waals surface area contributed by atoms with Crippen LogP contribution in [0.15, 0.2) is 35.6 Å². The average Bonchev–Trinajstić information content (AvgIpc) is 3.11. The van der Waals surface area contributed by atoms with Crippen LogP contribution in [0.25, 0.3) is 0 Å². The molecule has 1 aromatic rings. The van der Waals surface area contributed by atoms with E-state index in [9.17, 15) is 14.0 Å². The number of halogens is 1. The molecular weight excluding hydrogens is 347 g/mol. The first-order valence-electron chi connectivity index (χ1n) is 7.61. The molecule has 0 saturated heterocycles. The summed E-state index contributed by atoms with van der Waals surface area (Å²) in [6, 6.07) is -0.855. The molecule has 140 valence electrons. The predicted octanol–water partition coefficient (Wildman–Crippen LogP) is -0.162. The van der Waals surface area contributed by atoms with Crippen molar-refractivity contribution in [3.8, 4) is 0 Å². The van der Waals surface area contributed by atoms with Crippen molar-refractivity contribution < 1.29 is 18.8 Å². The minimum absolute atomic E-state index is 0.0195. The van der Waals surface area contributed by atoms with E-state index in [0.29, 0.717) is 11.3 Å². The summed E-state index contributed by atoms with van der Waals surface area (Å²) in [4.78, 5) is 30.4. The highest BCUT2D eigenvalue weighted by molar-refractivity contribution is 5.94. The third-order valence-electron chi connectivity index (χ3n) is 3.56. The molecule has 0 saturated carbocycles. The minimum atomic E-state index is -0.855. The number of amides is 2. The summed E-state index contributed by atoms with van der Waals surface area (Å²) >= 11 is 0. The molecule has 2 heterocycles. The molecule has 1 aliphatic rings. The highest BCUT2D eigenvalue weighted by Crippen LogP contribution is 2.17. The number of nitrogens with two attached hydrogens (primary N) is 1. The Morgan fingerprint density at radius 1 is 1.46 bits per heavy atom. The van der Waals surface area contributed by atoms with Gasteiger partial charge in [0.2, 0.25) is 5.91 Å². The number of anilines is 1. The fourth-order valence-electron chi connectivity index (χ4n) is 1.93. The normalized spacial score (nSPS) is 17.9. The smallest absolute Gasteiger partial charge is 0.269 e. The van der Waals surface area contributed by atoms with Crippen LogP contribution >= 0.6 is 0 Å². The molecule has 2 amide bonds. The molecule has 26 heavy (non-hydrogen) atoms. The predicted molar refractivity (Wildman–Crippen MR) is 88.0 cm³/mol. The molecule has 0 radical (unpaired) electrons. The topological polar surface area (TPSA) is 151 Å². The number of hydroxylamine groups is 1. The first-order chi connectivity index (χ1) is 12.4. The van der Waals surface area contributed by atoms with E-state index in [1.807, 2.05) is 0 Å². The molecule has 1 atom stereocenters. The molecule has 0 aromatic carbocycles. The number of nitrogens with one attached hydrogen (secondary N) is 3. The standard InChI is InChI=1S/C14H19FN8O3/c1-8-9(2)26-20-11(7-15)23(13(8)25)6-4-3-5-10(16)12(24)17-14-18-21-22-19-14/h3-4,7,10,20H,5-6,16H2,1-2H3,(H2,17,18,19,21,22,24). The Kier molecular flexibility index (Phi) is 6.38. The SMILES string of the molecule is CC1=C(C)C(=O)N(CC=CCC(N)C(=O)Nc2nn[nH]n2)C(=CF)NO1. The van der Waals surface area contributed by atoms with Gasteiger partial charge in [-0.15, -0.1) is 5.10 Å². The number of hydrogen-bond donors (Lipinski definition) is 4. The van der Waals surface area contributed by atoms with E-state index in [0.717, 1.165) is 4.90 Å². The number of aromatic nitrogens is 4. The highest BCUT2D eigenvalue weighted by atomic mass is 19.1. The van der Waals surface area contributed by atoms with Crippen LogP contribution in [0.4, 0.5) is 10.3 Å². The molecule has 5 N–H and O–H groups in total. The summed E-state index contributed by atoms with van der Waals surface area (Å²) < 4.78 is 13.0. The van der Waals surface area contributed by atoms with Crippen molar-refractivity contribution >= 4 is 17.8 Å². The number of H-pyrrole nitrogens is 1. The number of hydrogen-bond acceptors (Lipinski definition) is 8. The fourth-order valence-corrected chi connectivity index (χ4v) is 1.93. The lowest BCUT2D eigenvalue weighted by Crippen LogP contribution is -2.36. The van der Waals surface area contributed by atoms with Crippen LogP contribution in [0.1, 0.15) is 20.3 Å². The van der Waals surface area contributed by atoms with E-state index < -0.39 is 17.9 Å². The van der Waals surface area contributed by atoms with Gasteiger partial charge in [0, 0.05) is 6.54 Å². The molecule has 1 aromatic heterocycles. The number of tetrazole rings is 1. The van der Waals surface area contributed by atoms with Crippen molar-refractivity contribution in [1.29, 1.82) is 0 Å². The van der Waals surface area contributed by atoms with Crippen molar-refractivity contribution in [2.45, 2.75) is 26.3 Å². The van der Waals surface area contributed by atoms with Gasteiger partial charge in [0.15, 0.2) is 5.82 Å². The van der Waals surface area contributed by atoms with Gasteiger partial charge in [-0.25, -0.2) is 9.87 Å². The van der Waals surface area contributed by atoms with Gasteiger partial charge in [0.05, 0.1) is 11.6 Å². The third kappa shape index (κ3) is 4.63. The van der Waals surface area contributed by atoms with Crippen LogP contribution in [-0.2, 0) is 14.4 Å². The summed E-state index contributed by atoms with van der Waals surface area (Å²) in [6.07, 6.45) is 3.64. The lowest BCUT2D eigenvalue weighted by Gasteiger charge is -2.20. The van der Waals surface area contributed by atoms with E-state index >= 15 is 0 Å². The zero-order valence-corrected chi connectivity index (χ0v) is 14.2. The lowest BCUT2D eigenvalue weighted by molar-refractivity contribution is -0.125. The van der Waals surface area contributed by atoms with E-state index in [-0.39, 0.29) is 31.1 Å².